The van der Waals surface area contributed by atoms with Gasteiger partial charge in [0.1, 0.15) is 11.3 Å². The molecule has 0 bridgehead atoms. The zero-order valence-corrected chi connectivity index (χ0v) is 19.2. The number of pyridine rings is 1. The Bertz CT molecular complexity index is 1200. The van der Waals surface area contributed by atoms with E-state index in [0.717, 1.165) is 56.8 Å². The Morgan fingerprint density at radius 3 is 2.63 bits per heavy atom. The van der Waals surface area contributed by atoms with E-state index in [-0.39, 0.29) is 5.91 Å². The number of imidazole rings is 1. The second-order valence-electron chi connectivity index (χ2n) is 8.85. The fraction of sp³-hybridized carbons (Fsp3) is 0.458. The number of ether oxygens (including phenoxy) is 1. The first-order valence-electron chi connectivity index (χ1n) is 11.8. The highest BCUT2D eigenvalue weighted by atomic mass is 19.4. The van der Waals surface area contributed by atoms with Crippen LogP contribution in [0.4, 0.5) is 24.7 Å². The smallest absolute Gasteiger partial charge is 0.449 e. The van der Waals surface area contributed by atoms with Crippen molar-refractivity contribution in [2.24, 2.45) is 0 Å². The van der Waals surface area contributed by atoms with Crippen LogP contribution in [0.15, 0.2) is 30.3 Å². The molecule has 186 valence electrons. The number of nitrogens with one attached hydrogen (secondary N) is 2. The maximum absolute atomic E-state index is 13.1. The third-order valence-electron chi connectivity index (χ3n) is 6.42. The van der Waals surface area contributed by atoms with Crippen LogP contribution in [0, 0.1) is 0 Å². The molecule has 2 N–H and O–H groups in total. The van der Waals surface area contributed by atoms with Gasteiger partial charge in [0.05, 0.1) is 17.8 Å². The number of alkyl halides is 3. The third kappa shape index (κ3) is 5.34. The summed E-state index contributed by atoms with van der Waals surface area (Å²) < 4.78 is 44.9. The minimum atomic E-state index is -4.50. The molecule has 2 aliphatic rings. The Morgan fingerprint density at radius 1 is 1.00 bits per heavy atom. The number of aryl methyl sites for hydroxylation is 1. The molecule has 1 saturated heterocycles. The first kappa shape index (κ1) is 23.4. The topological polar surface area (TPSA) is 86.4 Å². The summed E-state index contributed by atoms with van der Waals surface area (Å²) in [6.45, 7) is 4.60. The number of aromatic amines is 1. The number of aromatic nitrogens is 3. The van der Waals surface area contributed by atoms with Gasteiger partial charge in [0.15, 0.2) is 0 Å². The van der Waals surface area contributed by atoms with Crippen molar-refractivity contribution in [3.05, 3.63) is 41.7 Å². The highest BCUT2D eigenvalue weighted by molar-refractivity contribution is 5.92. The van der Waals surface area contributed by atoms with Gasteiger partial charge in [0, 0.05) is 38.7 Å². The van der Waals surface area contributed by atoms with Crippen molar-refractivity contribution < 1.29 is 22.7 Å². The second-order valence-corrected chi connectivity index (χ2v) is 8.85. The Morgan fingerprint density at radius 2 is 1.83 bits per heavy atom. The number of H-pyrrole nitrogens is 1. The number of nitrogens with zero attached hydrogens (tertiary/aromatic N) is 4. The van der Waals surface area contributed by atoms with E-state index in [4.69, 9.17) is 4.74 Å². The number of anilines is 2. The van der Waals surface area contributed by atoms with E-state index in [2.05, 4.69) is 30.1 Å². The van der Waals surface area contributed by atoms with E-state index in [0.29, 0.717) is 42.2 Å². The van der Waals surface area contributed by atoms with Crippen LogP contribution >= 0.6 is 0 Å². The van der Waals surface area contributed by atoms with Gasteiger partial charge in [-0.15, -0.1) is 0 Å². The van der Waals surface area contributed by atoms with Crippen molar-refractivity contribution in [3.8, 4) is 5.88 Å². The zero-order chi connectivity index (χ0) is 24.4. The first-order valence-corrected chi connectivity index (χ1v) is 11.8. The number of hydrogen-bond donors (Lipinski definition) is 2. The number of rotatable bonds is 7. The minimum absolute atomic E-state index is 0.0191. The lowest BCUT2D eigenvalue weighted by molar-refractivity contribution is -0.144. The SMILES string of the molecule is O=C1CCc2ccc(OCCCCN3CCN(c4cccc5[nH]c(C(F)(F)F)nc45)CC3)nc2N1. The largest absolute Gasteiger partial charge is 0.478 e. The number of benzene rings is 1. The number of fused-ring (bicyclic) bond motifs is 2. The molecule has 1 fully saturated rings. The van der Waals surface area contributed by atoms with E-state index in [1.165, 1.54) is 0 Å². The summed E-state index contributed by atoms with van der Waals surface area (Å²) in [6.07, 6.45) is -1.47. The molecule has 3 aromatic rings. The number of unbranched alkanes of at least 4 members (excludes halogenated alkanes) is 1. The molecule has 0 unspecified atom stereocenters. The van der Waals surface area contributed by atoms with Gasteiger partial charge in [0.25, 0.3) is 0 Å². The van der Waals surface area contributed by atoms with Gasteiger partial charge < -0.3 is 19.9 Å². The monoisotopic (exact) mass is 488 g/mol. The third-order valence-corrected chi connectivity index (χ3v) is 6.42. The summed E-state index contributed by atoms with van der Waals surface area (Å²) in [4.78, 5) is 26.6. The molecule has 2 aromatic heterocycles. The van der Waals surface area contributed by atoms with Crippen LogP contribution in [0.2, 0.25) is 0 Å². The number of carbonyl (C=O) groups is 1. The Labute approximate surface area is 200 Å². The molecule has 1 amide bonds. The fourth-order valence-corrected chi connectivity index (χ4v) is 4.54. The number of piperazine rings is 1. The van der Waals surface area contributed by atoms with Gasteiger partial charge in [-0.3, -0.25) is 9.69 Å². The van der Waals surface area contributed by atoms with Crippen molar-refractivity contribution in [2.75, 3.05) is 49.5 Å². The standard InChI is InChI=1S/C24H27F3N6O2/c25-24(26,27)23-28-17-4-3-5-18(21(17)31-23)33-13-11-32(12-14-33)10-1-2-15-35-20-9-7-16-6-8-19(34)29-22(16)30-20/h3-5,7,9H,1-2,6,8,10-15H2,(H,28,31)(H,29,30,34). The van der Waals surface area contributed by atoms with Gasteiger partial charge in [-0.05, 0) is 49.6 Å². The highest BCUT2D eigenvalue weighted by Gasteiger charge is 2.35. The van der Waals surface area contributed by atoms with Crippen LogP contribution in [0.5, 0.6) is 5.88 Å². The van der Waals surface area contributed by atoms with Crippen molar-refractivity contribution in [1.29, 1.82) is 0 Å². The number of carbonyl (C=O) groups excluding carboxylic acids is 1. The van der Waals surface area contributed by atoms with Gasteiger partial charge in [-0.2, -0.15) is 18.2 Å². The average Bonchev–Trinajstić information content (AvgIpc) is 3.29. The molecule has 5 rings (SSSR count). The summed E-state index contributed by atoms with van der Waals surface area (Å²) in [5.41, 5.74) is 2.52. The molecule has 35 heavy (non-hydrogen) atoms. The van der Waals surface area contributed by atoms with Crippen molar-refractivity contribution in [2.45, 2.75) is 31.9 Å². The Hall–Kier alpha value is -3.34. The van der Waals surface area contributed by atoms with Crippen LogP contribution in [-0.4, -0.2) is 65.1 Å². The van der Waals surface area contributed by atoms with E-state index in [9.17, 15) is 18.0 Å². The van der Waals surface area contributed by atoms with Crippen LogP contribution in [0.25, 0.3) is 11.0 Å². The fourth-order valence-electron chi connectivity index (χ4n) is 4.54. The number of hydrogen-bond acceptors (Lipinski definition) is 6. The summed E-state index contributed by atoms with van der Waals surface area (Å²) >= 11 is 0. The summed E-state index contributed by atoms with van der Waals surface area (Å²) in [5.74, 6) is 0.128. The average molecular weight is 489 g/mol. The van der Waals surface area contributed by atoms with E-state index >= 15 is 0 Å². The van der Waals surface area contributed by atoms with Crippen molar-refractivity contribution >= 4 is 28.4 Å². The quantitative estimate of drug-likeness (QED) is 0.492. The molecule has 0 atom stereocenters. The lowest BCUT2D eigenvalue weighted by Gasteiger charge is -2.36. The molecular formula is C24H27F3N6O2. The maximum Gasteiger partial charge on any atom is 0.449 e. The normalized spacial score (nSPS) is 16.9. The number of para-hydroxylation sites is 1. The molecule has 8 nitrogen and oxygen atoms in total. The lowest BCUT2D eigenvalue weighted by atomic mass is 10.1. The molecule has 2 aliphatic heterocycles. The molecule has 0 aliphatic carbocycles. The molecular weight excluding hydrogens is 461 g/mol. The molecule has 0 radical (unpaired) electrons. The highest BCUT2D eigenvalue weighted by Crippen LogP contribution is 2.32. The van der Waals surface area contributed by atoms with Crippen LogP contribution in [-0.2, 0) is 17.4 Å². The van der Waals surface area contributed by atoms with Crippen LogP contribution in [0.3, 0.4) is 0 Å². The van der Waals surface area contributed by atoms with E-state index in [1.54, 1.807) is 12.1 Å². The summed E-state index contributed by atoms with van der Waals surface area (Å²) in [7, 11) is 0. The minimum Gasteiger partial charge on any atom is -0.478 e. The van der Waals surface area contributed by atoms with Gasteiger partial charge >= 0.3 is 6.18 Å². The zero-order valence-electron chi connectivity index (χ0n) is 19.2. The molecule has 1 aromatic carbocycles. The van der Waals surface area contributed by atoms with Crippen molar-refractivity contribution in [3.63, 3.8) is 0 Å². The lowest BCUT2D eigenvalue weighted by Crippen LogP contribution is -2.46. The second kappa shape index (κ2) is 9.73. The summed E-state index contributed by atoms with van der Waals surface area (Å²) in [5, 5.41) is 2.78. The maximum atomic E-state index is 13.1. The molecule has 0 spiro atoms. The van der Waals surface area contributed by atoms with Crippen LogP contribution < -0.4 is 15.0 Å². The van der Waals surface area contributed by atoms with Crippen LogP contribution in [0.1, 0.15) is 30.7 Å². The predicted octanol–water partition coefficient (Wildman–Crippen LogP) is 3.84. The van der Waals surface area contributed by atoms with Gasteiger partial charge in [-0.1, -0.05) is 6.07 Å². The van der Waals surface area contributed by atoms with Gasteiger partial charge in [-0.25, -0.2) is 4.98 Å². The molecule has 4 heterocycles. The molecule has 0 saturated carbocycles. The molecule has 11 heteroatoms. The van der Waals surface area contributed by atoms with E-state index in [1.807, 2.05) is 18.2 Å². The number of amides is 1. The van der Waals surface area contributed by atoms with E-state index < -0.39 is 12.0 Å². The Kier molecular flexibility index (Phi) is 6.50. The van der Waals surface area contributed by atoms with Gasteiger partial charge in [0.2, 0.25) is 17.6 Å². The predicted molar refractivity (Wildman–Crippen MR) is 126 cm³/mol. The Balaban J connectivity index is 1.07. The first-order chi connectivity index (χ1) is 16.9. The van der Waals surface area contributed by atoms with Crippen molar-refractivity contribution in [1.82, 2.24) is 19.9 Å². The summed E-state index contributed by atoms with van der Waals surface area (Å²) in [6, 6.07) is 9.00. The number of halogens is 3.